The molecule has 2 aromatic carbocycles. The number of carbonyl (C=O) groups is 1. The van der Waals surface area contributed by atoms with Gasteiger partial charge in [0.1, 0.15) is 23.3 Å². The van der Waals surface area contributed by atoms with E-state index in [1.807, 2.05) is 6.07 Å². The largest absolute Gasteiger partial charge is 0.321 e. The van der Waals surface area contributed by atoms with Crippen LogP contribution >= 0.6 is 0 Å². The van der Waals surface area contributed by atoms with Crippen LogP contribution in [0.5, 0.6) is 0 Å². The number of nitrogens with one attached hydrogen (secondary N) is 1. The van der Waals surface area contributed by atoms with Gasteiger partial charge in [0.05, 0.1) is 11.3 Å². The van der Waals surface area contributed by atoms with Gasteiger partial charge in [-0.2, -0.15) is 5.26 Å². The lowest BCUT2D eigenvalue weighted by molar-refractivity contribution is 0.101. The molecule has 0 saturated heterocycles. The highest BCUT2D eigenvalue weighted by Gasteiger charge is 2.17. The fourth-order valence-corrected chi connectivity index (χ4v) is 1.59. The molecule has 0 aliphatic rings. The Hall–Kier alpha value is -2.74. The Balaban J connectivity index is 2.35. The van der Waals surface area contributed by atoms with Gasteiger partial charge in [0.25, 0.3) is 5.91 Å². The number of hydrogen-bond donors (Lipinski definition) is 1. The number of rotatable bonds is 2. The topological polar surface area (TPSA) is 52.9 Å². The molecule has 0 aromatic heterocycles. The summed E-state index contributed by atoms with van der Waals surface area (Å²) in [5.74, 6) is -2.84. The molecule has 0 atom stereocenters. The van der Waals surface area contributed by atoms with Crippen LogP contribution in [0.15, 0.2) is 42.5 Å². The first kappa shape index (κ1) is 12.7. The lowest BCUT2D eigenvalue weighted by Crippen LogP contribution is -2.16. The summed E-state index contributed by atoms with van der Waals surface area (Å²) < 4.78 is 26.8. The minimum atomic E-state index is -0.952. The van der Waals surface area contributed by atoms with Gasteiger partial charge in [-0.05, 0) is 24.3 Å². The van der Waals surface area contributed by atoms with E-state index in [9.17, 15) is 13.6 Å². The Bertz CT molecular complexity index is 657. The molecule has 0 spiro atoms. The predicted octanol–water partition coefficient (Wildman–Crippen LogP) is 3.09. The zero-order valence-corrected chi connectivity index (χ0v) is 9.65. The Morgan fingerprint density at radius 1 is 1.05 bits per heavy atom. The van der Waals surface area contributed by atoms with Crippen molar-refractivity contribution in [3.8, 4) is 6.07 Å². The van der Waals surface area contributed by atoms with Crippen molar-refractivity contribution in [1.29, 1.82) is 5.26 Å². The fourth-order valence-electron chi connectivity index (χ4n) is 1.59. The minimum absolute atomic E-state index is 0.206. The third-order valence-electron chi connectivity index (χ3n) is 2.49. The molecular weight excluding hydrogens is 250 g/mol. The van der Waals surface area contributed by atoms with E-state index >= 15 is 0 Å². The quantitative estimate of drug-likeness (QED) is 0.899. The molecule has 0 saturated carbocycles. The van der Waals surface area contributed by atoms with Crippen molar-refractivity contribution >= 4 is 11.6 Å². The zero-order chi connectivity index (χ0) is 13.8. The number of anilines is 1. The highest BCUT2D eigenvalue weighted by molar-refractivity contribution is 6.05. The van der Waals surface area contributed by atoms with Crippen LogP contribution < -0.4 is 5.32 Å². The van der Waals surface area contributed by atoms with Gasteiger partial charge in [-0.3, -0.25) is 4.79 Å². The van der Waals surface area contributed by atoms with Crippen LogP contribution in [-0.2, 0) is 0 Å². The van der Waals surface area contributed by atoms with Gasteiger partial charge in [-0.1, -0.05) is 18.2 Å². The molecule has 0 heterocycles. The maximum atomic E-state index is 13.4. The molecule has 1 amide bonds. The van der Waals surface area contributed by atoms with Crippen LogP contribution in [0, 0.1) is 23.0 Å². The third kappa shape index (κ3) is 2.58. The van der Waals surface area contributed by atoms with Crippen LogP contribution in [0.25, 0.3) is 0 Å². The second-order valence-corrected chi connectivity index (χ2v) is 3.71. The van der Waals surface area contributed by atoms with Gasteiger partial charge >= 0.3 is 0 Å². The fraction of sp³-hybridized carbons (Fsp3) is 0. The smallest absolute Gasteiger partial charge is 0.261 e. The number of hydrogen-bond acceptors (Lipinski definition) is 2. The van der Waals surface area contributed by atoms with Crippen LogP contribution in [0.2, 0.25) is 0 Å². The second kappa shape index (κ2) is 5.27. The molecular formula is C14H8F2N2O. The summed E-state index contributed by atoms with van der Waals surface area (Å²) in [6, 6.07) is 11.2. The molecule has 0 fully saturated rings. The number of amides is 1. The highest BCUT2D eigenvalue weighted by atomic mass is 19.1. The van der Waals surface area contributed by atoms with Crippen molar-refractivity contribution in [2.24, 2.45) is 0 Å². The lowest BCUT2D eigenvalue weighted by atomic mass is 10.1. The van der Waals surface area contributed by atoms with Crippen molar-refractivity contribution in [3.05, 3.63) is 65.2 Å². The van der Waals surface area contributed by atoms with Crippen molar-refractivity contribution in [2.45, 2.75) is 0 Å². The van der Waals surface area contributed by atoms with Crippen LogP contribution in [0.1, 0.15) is 15.9 Å². The van der Waals surface area contributed by atoms with E-state index < -0.39 is 23.1 Å². The van der Waals surface area contributed by atoms with Crippen molar-refractivity contribution in [1.82, 2.24) is 0 Å². The average molecular weight is 258 g/mol. The molecule has 0 aliphatic heterocycles. The Morgan fingerprint density at radius 3 is 2.32 bits per heavy atom. The molecule has 1 N–H and O–H groups in total. The maximum Gasteiger partial charge on any atom is 0.261 e. The van der Waals surface area contributed by atoms with E-state index in [2.05, 4.69) is 5.32 Å². The zero-order valence-electron chi connectivity index (χ0n) is 9.65. The van der Waals surface area contributed by atoms with E-state index in [1.54, 1.807) is 12.1 Å². The van der Waals surface area contributed by atoms with Crippen molar-refractivity contribution in [2.75, 3.05) is 5.32 Å². The summed E-state index contributed by atoms with van der Waals surface area (Å²) in [6.07, 6.45) is 0. The molecule has 2 rings (SSSR count). The first-order valence-corrected chi connectivity index (χ1v) is 5.38. The molecule has 0 unspecified atom stereocenters. The average Bonchev–Trinajstić information content (AvgIpc) is 2.39. The summed E-state index contributed by atoms with van der Waals surface area (Å²) in [5.41, 5.74) is -0.250. The maximum absolute atomic E-state index is 13.4. The molecule has 3 nitrogen and oxygen atoms in total. The highest BCUT2D eigenvalue weighted by Crippen LogP contribution is 2.17. The van der Waals surface area contributed by atoms with Crippen LogP contribution in [0.4, 0.5) is 14.5 Å². The van der Waals surface area contributed by atoms with E-state index in [4.69, 9.17) is 5.26 Å². The van der Waals surface area contributed by atoms with E-state index in [0.29, 0.717) is 0 Å². The third-order valence-corrected chi connectivity index (χ3v) is 2.49. The normalized spacial score (nSPS) is 9.74. The Kier molecular flexibility index (Phi) is 3.53. The minimum Gasteiger partial charge on any atom is -0.321 e. The molecule has 94 valence electrons. The number of nitriles is 1. The van der Waals surface area contributed by atoms with Crippen molar-refractivity contribution < 1.29 is 13.6 Å². The predicted molar refractivity (Wildman–Crippen MR) is 65.5 cm³/mol. The SMILES string of the molecule is N#Cc1ccccc1NC(=O)c1c(F)cccc1F. The van der Waals surface area contributed by atoms with Gasteiger partial charge in [-0.25, -0.2) is 8.78 Å². The summed E-state index contributed by atoms with van der Waals surface area (Å²) >= 11 is 0. The number of benzene rings is 2. The summed E-state index contributed by atoms with van der Waals surface area (Å²) in [5, 5.41) is 11.2. The summed E-state index contributed by atoms with van der Waals surface area (Å²) in [6.45, 7) is 0. The monoisotopic (exact) mass is 258 g/mol. The van der Waals surface area contributed by atoms with E-state index in [-0.39, 0.29) is 11.3 Å². The van der Waals surface area contributed by atoms with E-state index in [1.165, 1.54) is 18.2 Å². The standard InChI is InChI=1S/C14H8F2N2O/c15-10-5-3-6-11(16)13(10)14(19)18-12-7-2-1-4-9(12)8-17/h1-7H,(H,18,19). The number of para-hydroxylation sites is 1. The van der Waals surface area contributed by atoms with Gasteiger partial charge in [0.15, 0.2) is 0 Å². The van der Waals surface area contributed by atoms with Gasteiger partial charge in [0.2, 0.25) is 0 Å². The number of nitrogens with zero attached hydrogens (tertiary/aromatic N) is 1. The molecule has 19 heavy (non-hydrogen) atoms. The molecule has 5 heteroatoms. The lowest BCUT2D eigenvalue weighted by Gasteiger charge is -2.08. The summed E-state index contributed by atoms with van der Waals surface area (Å²) in [7, 11) is 0. The first-order valence-electron chi connectivity index (χ1n) is 5.38. The molecule has 0 radical (unpaired) electrons. The molecule has 2 aromatic rings. The second-order valence-electron chi connectivity index (χ2n) is 3.71. The first-order chi connectivity index (χ1) is 9.13. The van der Waals surface area contributed by atoms with Crippen LogP contribution in [0.3, 0.4) is 0 Å². The van der Waals surface area contributed by atoms with Gasteiger partial charge in [-0.15, -0.1) is 0 Å². The Morgan fingerprint density at radius 2 is 1.68 bits per heavy atom. The number of carbonyl (C=O) groups excluding carboxylic acids is 1. The molecule has 0 bridgehead atoms. The van der Waals surface area contributed by atoms with Crippen molar-refractivity contribution in [3.63, 3.8) is 0 Å². The number of halogens is 2. The molecule has 0 aliphatic carbocycles. The summed E-state index contributed by atoms with van der Waals surface area (Å²) in [4.78, 5) is 11.8. The Labute approximate surface area is 108 Å². The van der Waals surface area contributed by atoms with Gasteiger partial charge in [0, 0.05) is 0 Å². The van der Waals surface area contributed by atoms with E-state index in [0.717, 1.165) is 12.1 Å². The van der Waals surface area contributed by atoms with Gasteiger partial charge < -0.3 is 5.32 Å². The van der Waals surface area contributed by atoms with Crippen LogP contribution in [-0.4, -0.2) is 5.91 Å².